The number of rotatable bonds is 12. The molecule has 1 N–H and O–H groups in total. The minimum atomic E-state index is -4.89. The molecule has 0 aromatic heterocycles. The molecule has 7 nitrogen and oxygen atoms in total. The van der Waals surface area contributed by atoms with Crippen molar-refractivity contribution < 1.29 is 54.9 Å². The summed E-state index contributed by atoms with van der Waals surface area (Å²) in [4.78, 5) is 40.7. The van der Waals surface area contributed by atoms with Crippen LogP contribution in [-0.2, 0) is 14.3 Å². The predicted molar refractivity (Wildman–Crippen MR) is 149 cm³/mol. The van der Waals surface area contributed by atoms with E-state index in [0.717, 1.165) is 54.6 Å². The number of esters is 2. The van der Waals surface area contributed by atoms with Gasteiger partial charge < -0.3 is 19.5 Å². The number of carbonyl (C=O) groups is 3. The van der Waals surface area contributed by atoms with Crippen molar-refractivity contribution in [2.45, 2.75) is 37.8 Å². The lowest BCUT2D eigenvalue weighted by Gasteiger charge is -2.26. The van der Waals surface area contributed by atoms with Crippen molar-refractivity contribution in [2.75, 3.05) is 6.61 Å². The molecular weight excluding hydrogens is 608 g/mol. The zero-order chi connectivity index (χ0) is 32.7. The van der Waals surface area contributed by atoms with Gasteiger partial charge in [0, 0.05) is 10.9 Å². The van der Waals surface area contributed by atoms with Crippen molar-refractivity contribution in [3.63, 3.8) is 0 Å². The number of nitrogens with one attached hydrogen (secondary N) is 1. The molecule has 0 bridgehead atoms. The number of halogens is 6. The molecule has 0 spiro atoms. The summed E-state index contributed by atoms with van der Waals surface area (Å²) in [5.74, 6) is -7.38. The lowest BCUT2D eigenvalue weighted by atomic mass is 9.90. The van der Waals surface area contributed by atoms with Gasteiger partial charge in [-0.15, -0.1) is 0 Å². The third-order valence-corrected chi connectivity index (χ3v) is 6.45. The highest BCUT2D eigenvalue weighted by molar-refractivity contribution is 6.08. The van der Waals surface area contributed by atoms with Gasteiger partial charge in [0.15, 0.2) is 0 Å². The molecule has 0 radical (unpaired) electrons. The van der Waals surface area contributed by atoms with Gasteiger partial charge in [0.05, 0.1) is 6.61 Å². The summed E-state index contributed by atoms with van der Waals surface area (Å²) in [7, 11) is 0. The van der Waals surface area contributed by atoms with Crippen LogP contribution in [0.25, 0.3) is 10.8 Å². The third-order valence-electron chi connectivity index (χ3n) is 6.45. The number of hydrogen-bond donors (Lipinski definition) is 1. The summed E-state index contributed by atoms with van der Waals surface area (Å²) in [6.45, 7) is 1.52. The second-order valence-corrected chi connectivity index (χ2v) is 9.65. The van der Waals surface area contributed by atoms with Crippen LogP contribution in [0.4, 0.5) is 26.3 Å². The van der Waals surface area contributed by atoms with Crippen LogP contribution < -0.4 is 14.8 Å². The quantitative estimate of drug-likeness (QED) is 0.105. The number of hydrogen-bond acceptors (Lipinski definition) is 6. The molecule has 0 saturated heterocycles. The summed E-state index contributed by atoms with van der Waals surface area (Å²) in [5, 5.41) is 2.64. The minimum Gasteiger partial charge on any atom is -0.465 e. The van der Waals surface area contributed by atoms with E-state index in [1.165, 1.54) is 18.2 Å². The lowest BCUT2D eigenvalue weighted by molar-refractivity contribution is -0.253. The zero-order valence-corrected chi connectivity index (χ0v) is 23.4. The molecule has 0 aliphatic heterocycles. The minimum absolute atomic E-state index is 0.0827. The van der Waals surface area contributed by atoms with E-state index < -0.39 is 59.7 Å². The van der Waals surface area contributed by atoms with Crippen LogP contribution in [-0.4, -0.2) is 43.0 Å². The van der Waals surface area contributed by atoms with E-state index >= 15 is 0 Å². The highest BCUT2D eigenvalue weighted by Crippen LogP contribution is 2.32. The Hall–Kier alpha value is -5.07. The maximum absolute atomic E-state index is 14.5. The molecule has 0 aliphatic carbocycles. The third kappa shape index (κ3) is 7.91. The van der Waals surface area contributed by atoms with E-state index in [1.54, 1.807) is 19.1 Å². The Balaban J connectivity index is 1.81. The first-order valence-corrected chi connectivity index (χ1v) is 13.5. The van der Waals surface area contributed by atoms with Crippen molar-refractivity contribution in [2.24, 2.45) is 0 Å². The summed E-state index contributed by atoms with van der Waals surface area (Å²) in [6, 6.07) is 14.4. The Morgan fingerprint density at radius 1 is 0.822 bits per heavy atom. The maximum atomic E-state index is 14.5. The van der Waals surface area contributed by atoms with E-state index in [2.05, 4.69) is 10.1 Å². The normalized spacial score (nSPS) is 12.8. The number of amides is 1. The number of alkyl halides is 4. The molecule has 0 heterocycles. The Labute approximate surface area is 252 Å². The largest absolute Gasteiger partial charge is 0.465 e. The highest BCUT2D eigenvalue weighted by atomic mass is 19.3. The van der Waals surface area contributed by atoms with Gasteiger partial charge in [-0.1, -0.05) is 43.3 Å². The van der Waals surface area contributed by atoms with Crippen LogP contribution in [0.2, 0.25) is 0 Å². The Bertz CT molecular complexity index is 1680. The van der Waals surface area contributed by atoms with Gasteiger partial charge in [-0.2, -0.15) is 17.6 Å². The van der Waals surface area contributed by atoms with Gasteiger partial charge >= 0.3 is 24.5 Å². The van der Waals surface area contributed by atoms with Gasteiger partial charge in [-0.3, -0.25) is 9.59 Å². The molecule has 0 fully saturated rings. The van der Waals surface area contributed by atoms with E-state index in [1.807, 2.05) is 0 Å². The first-order valence-electron chi connectivity index (χ1n) is 13.5. The van der Waals surface area contributed by atoms with Crippen LogP contribution >= 0.6 is 0 Å². The molecule has 0 aliphatic rings. The molecule has 4 rings (SSSR count). The predicted octanol–water partition coefficient (Wildman–Crippen LogP) is 6.80. The number of benzene rings is 4. The van der Waals surface area contributed by atoms with Crippen LogP contribution in [0.5, 0.6) is 11.5 Å². The van der Waals surface area contributed by atoms with Crippen LogP contribution in [0.1, 0.15) is 35.2 Å². The van der Waals surface area contributed by atoms with Gasteiger partial charge in [0.2, 0.25) is 0 Å². The average molecular weight is 634 g/mol. The molecule has 4 aromatic rings. The highest BCUT2D eigenvalue weighted by Gasteiger charge is 2.44. The van der Waals surface area contributed by atoms with Crippen molar-refractivity contribution >= 4 is 28.6 Å². The summed E-state index contributed by atoms with van der Waals surface area (Å²) >= 11 is 0. The van der Waals surface area contributed by atoms with Crippen molar-refractivity contribution in [3.05, 3.63) is 108 Å². The van der Waals surface area contributed by atoms with Gasteiger partial charge in [-0.25, -0.2) is 13.6 Å². The van der Waals surface area contributed by atoms with Gasteiger partial charge in [0.1, 0.15) is 35.1 Å². The van der Waals surface area contributed by atoms with E-state index in [9.17, 15) is 40.7 Å². The fraction of sp³-hybridized carbons (Fsp3) is 0.219. The molecule has 2 atom stereocenters. The smallest absolute Gasteiger partial charge is 0.461 e. The maximum Gasteiger partial charge on any atom is 0.461 e. The molecule has 236 valence electrons. The number of ether oxygens (including phenoxy) is 3. The zero-order valence-electron chi connectivity index (χ0n) is 23.4. The standard InChI is InChI=1S/C32H25F6NO6/c1-2-16-43-29(41)26(18-6-5-7-21(17-18)45-32(37,38)31(35)36)27(30(42)44-20-12-10-19(33)11-13-20)39-28(40)24-14-15-25(34)23-9-4-3-8-22(23)24/h3-15,17,26-27,31H,2,16H2,1H3,(H,39,40). The molecule has 4 aromatic carbocycles. The Morgan fingerprint density at radius 2 is 1.51 bits per heavy atom. The molecule has 0 saturated carbocycles. The second-order valence-electron chi connectivity index (χ2n) is 9.65. The van der Waals surface area contributed by atoms with Crippen LogP contribution in [0.15, 0.2) is 84.9 Å². The summed E-state index contributed by atoms with van der Waals surface area (Å²) < 4.78 is 95.8. The van der Waals surface area contributed by atoms with E-state index in [0.29, 0.717) is 6.42 Å². The molecular formula is C32H25F6NO6. The van der Waals surface area contributed by atoms with Crippen molar-refractivity contribution in [1.82, 2.24) is 5.32 Å². The fourth-order valence-corrected chi connectivity index (χ4v) is 4.37. The van der Waals surface area contributed by atoms with Gasteiger partial charge in [-0.05, 0) is 65.9 Å². The van der Waals surface area contributed by atoms with Crippen molar-refractivity contribution in [1.29, 1.82) is 0 Å². The lowest BCUT2D eigenvalue weighted by Crippen LogP contribution is -2.49. The van der Waals surface area contributed by atoms with Gasteiger partial charge in [0.25, 0.3) is 5.91 Å². The monoisotopic (exact) mass is 633 g/mol. The van der Waals surface area contributed by atoms with E-state index in [-0.39, 0.29) is 34.3 Å². The number of fused-ring (bicyclic) bond motifs is 1. The topological polar surface area (TPSA) is 90.9 Å². The Morgan fingerprint density at radius 3 is 2.18 bits per heavy atom. The second kappa shape index (κ2) is 14.1. The number of carbonyl (C=O) groups excluding carboxylic acids is 3. The summed E-state index contributed by atoms with van der Waals surface area (Å²) in [5.41, 5.74) is -0.343. The molecule has 45 heavy (non-hydrogen) atoms. The molecule has 1 amide bonds. The average Bonchev–Trinajstić information content (AvgIpc) is 3.01. The van der Waals surface area contributed by atoms with Crippen LogP contribution in [0, 0.1) is 11.6 Å². The Kier molecular flexibility index (Phi) is 10.3. The van der Waals surface area contributed by atoms with Crippen LogP contribution in [0.3, 0.4) is 0 Å². The SMILES string of the molecule is CCCOC(=O)C(c1cccc(OC(F)(F)C(F)F)c1)C(NC(=O)c1ccc(F)c2ccccc12)C(=O)Oc1ccc(F)cc1. The van der Waals surface area contributed by atoms with E-state index in [4.69, 9.17) is 9.47 Å². The van der Waals surface area contributed by atoms with Crippen molar-refractivity contribution in [3.8, 4) is 11.5 Å². The first kappa shape index (κ1) is 32.8. The molecule has 2 unspecified atom stereocenters. The first-order chi connectivity index (χ1) is 21.4. The molecule has 13 heteroatoms. The summed E-state index contributed by atoms with van der Waals surface area (Å²) in [6.07, 6.45) is -8.74. The fourth-order valence-electron chi connectivity index (χ4n) is 4.37.